The van der Waals surface area contributed by atoms with E-state index in [0.29, 0.717) is 6.61 Å². The summed E-state index contributed by atoms with van der Waals surface area (Å²) in [6, 6.07) is 16.4. The fraction of sp³-hybridized carbons (Fsp3) is 0.167. The molecule has 0 saturated heterocycles. The Morgan fingerprint density at radius 2 is 1.86 bits per heavy atom. The molecule has 3 nitrogen and oxygen atoms in total. The number of rotatable bonds is 4. The van der Waals surface area contributed by atoms with E-state index in [1.165, 1.54) is 5.56 Å². The number of ether oxygens (including phenoxy) is 1. The lowest BCUT2D eigenvalue weighted by Crippen LogP contribution is -2.02. The molecule has 3 rings (SSSR count). The Bertz CT molecular complexity index is 732. The van der Waals surface area contributed by atoms with E-state index in [4.69, 9.17) is 4.74 Å². The van der Waals surface area contributed by atoms with Gasteiger partial charge in [-0.2, -0.15) is 0 Å². The van der Waals surface area contributed by atoms with Crippen LogP contribution in [0.2, 0.25) is 0 Å². The summed E-state index contributed by atoms with van der Waals surface area (Å²) in [6.45, 7) is 4.63. The predicted octanol–water partition coefficient (Wildman–Crippen LogP) is 4.07. The molecule has 0 aliphatic rings. The number of hydrogen-bond donors (Lipinski definition) is 0. The van der Waals surface area contributed by atoms with Crippen molar-refractivity contribution in [3.8, 4) is 11.4 Å². The molecule has 0 atom stereocenters. The third-order valence-electron chi connectivity index (χ3n) is 3.44. The van der Waals surface area contributed by atoms with Gasteiger partial charge in [-0.25, -0.2) is 4.98 Å². The largest absolute Gasteiger partial charge is 0.487 e. The maximum Gasteiger partial charge on any atom is 0.143 e. The molecule has 3 heteroatoms. The van der Waals surface area contributed by atoms with Crippen LogP contribution in [-0.4, -0.2) is 9.55 Å². The minimum Gasteiger partial charge on any atom is -0.487 e. The second-order valence-corrected chi connectivity index (χ2v) is 5.09. The van der Waals surface area contributed by atoms with E-state index in [1.807, 2.05) is 42.0 Å². The Hall–Kier alpha value is -2.55. The van der Waals surface area contributed by atoms with Gasteiger partial charge in [-0.05, 0) is 37.1 Å². The van der Waals surface area contributed by atoms with Gasteiger partial charge in [0.1, 0.15) is 18.2 Å². The highest BCUT2D eigenvalue weighted by atomic mass is 16.5. The molecule has 1 aromatic heterocycles. The van der Waals surface area contributed by atoms with E-state index in [0.717, 1.165) is 22.8 Å². The maximum atomic E-state index is 6.01. The van der Waals surface area contributed by atoms with Crippen LogP contribution < -0.4 is 4.74 Å². The summed E-state index contributed by atoms with van der Waals surface area (Å²) in [7, 11) is 0. The lowest BCUT2D eigenvalue weighted by atomic mass is 10.2. The molecule has 106 valence electrons. The molecule has 0 unspecified atom stereocenters. The zero-order valence-electron chi connectivity index (χ0n) is 12.3. The first-order chi connectivity index (χ1) is 10.2. The van der Waals surface area contributed by atoms with Gasteiger partial charge in [-0.15, -0.1) is 0 Å². The van der Waals surface area contributed by atoms with Crippen LogP contribution in [0, 0.1) is 13.8 Å². The Morgan fingerprint density at radius 3 is 2.57 bits per heavy atom. The molecule has 0 fully saturated rings. The van der Waals surface area contributed by atoms with Gasteiger partial charge in [-0.1, -0.05) is 36.4 Å². The van der Waals surface area contributed by atoms with Crippen molar-refractivity contribution in [2.75, 3.05) is 0 Å². The van der Waals surface area contributed by atoms with E-state index in [9.17, 15) is 0 Å². The van der Waals surface area contributed by atoms with Crippen molar-refractivity contribution < 1.29 is 4.74 Å². The van der Waals surface area contributed by atoms with Gasteiger partial charge < -0.3 is 9.30 Å². The molecule has 0 bridgehead atoms. The van der Waals surface area contributed by atoms with Crippen molar-refractivity contribution >= 4 is 0 Å². The highest BCUT2D eigenvalue weighted by Crippen LogP contribution is 2.26. The van der Waals surface area contributed by atoms with E-state index in [1.54, 1.807) is 6.20 Å². The van der Waals surface area contributed by atoms with Crippen LogP contribution >= 0.6 is 0 Å². The average Bonchev–Trinajstić information content (AvgIpc) is 2.93. The van der Waals surface area contributed by atoms with E-state index < -0.39 is 0 Å². The molecule has 0 spiro atoms. The minimum absolute atomic E-state index is 0.560. The number of hydrogen-bond acceptors (Lipinski definition) is 2. The highest BCUT2D eigenvalue weighted by molar-refractivity contribution is 5.49. The summed E-state index contributed by atoms with van der Waals surface area (Å²) in [5.41, 5.74) is 3.39. The van der Waals surface area contributed by atoms with Crippen molar-refractivity contribution in [1.82, 2.24) is 9.55 Å². The van der Waals surface area contributed by atoms with Crippen molar-refractivity contribution in [2.24, 2.45) is 0 Å². The van der Waals surface area contributed by atoms with Crippen LogP contribution in [0.15, 0.2) is 60.9 Å². The van der Waals surface area contributed by atoms with Crippen LogP contribution in [0.3, 0.4) is 0 Å². The first-order valence-electron chi connectivity index (χ1n) is 7.02. The molecule has 0 N–H and O–H groups in total. The fourth-order valence-corrected chi connectivity index (χ4v) is 2.31. The Morgan fingerprint density at radius 1 is 1.05 bits per heavy atom. The summed E-state index contributed by atoms with van der Waals surface area (Å²) in [5, 5.41) is 0. The normalized spacial score (nSPS) is 10.6. The van der Waals surface area contributed by atoms with Crippen molar-refractivity contribution in [1.29, 1.82) is 0 Å². The smallest absolute Gasteiger partial charge is 0.143 e. The Labute approximate surface area is 124 Å². The van der Waals surface area contributed by atoms with Crippen molar-refractivity contribution in [3.05, 3.63) is 77.9 Å². The number of aromatic nitrogens is 2. The first kappa shape index (κ1) is 13.4. The SMILES string of the molecule is Cc1ccc(OCc2ccccc2)c(-n2ccnc2C)c1. The first-order valence-corrected chi connectivity index (χ1v) is 7.02. The topological polar surface area (TPSA) is 27.1 Å². The number of nitrogens with zero attached hydrogens (tertiary/aromatic N) is 2. The standard InChI is InChI=1S/C18H18N2O/c1-14-8-9-18(21-13-16-6-4-3-5-7-16)17(12-14)20-11-10-19-15(20)2/h3-12H,13H2,1-2H3. The Balaban J connectivity index is 1.90. The van der Waals surface area contributed by atoms with E-state index in [2.05, 4.69) is 36.2 Å². The molecule has 0 radical (unpaired) electrons. The van der Waals surface area contributed by atoms with Crippen LogP contribution in [0.1, 0.15) is 17.0 Å². The molecular formula is C18H18N2O. The lowest BCUT2D eigenvalue weighted by Gasteiger charge is -2.14. The van der Waals surface area contributed by atoms with Gasteiger partial charge in [0.05, 0.1) is 5.69 Å². The summed E-state index contributed by atoms with van der Waals surface area (Å²) in [4.78, 5) is 4.29. The van der Waals surface area contributed by atoms with Crippen LogP contribution in [0.4, 0.5) is 0 Å². The maximum absolute atomic E-state index is 6.01. The quantitative estimate of drug-likeness (QED) is 0.719. The van der Waals surface area contributed by atoms with Crippen LogP contribution in [0.5, 0.6) is 5.75 Å². The monoisotopic (exact) mass is 278 g/mol. The zero-order chi connectivity index (χ0) is 14.7. The van der Waals surface area contributed by atoms with Crippen molar-refractivity contribution in [3.63, 3.8) is 0 Å². The van der Waals surface area contributed by atoms with Gasteiger partial charge >= 0.3 is 0 Å². The second-order valence-electron chi connectivity index (χ2n) is 5.09. The summed E-state index contributed by atoms with van der Waals surface area (Å²) >= 11 is 0. The zero-order valence-corrected chi connectivity index (χ0v) is 12.3. The molecule has 0 amide bonds. The summed E-state index contributed by atoms with van der Waals surface area (Å²) in [5.74, 6) is 1.82. The van der Waals surface area contributed by atoms with Gasteiger partial charge in [0.25, 0.3) is 0 Å². The average molecular weight is 278 g/mol. The molecular weight excluding hydrogens is 260 g/mol. The molecule has 3 aromatic rings. The van der Waals surface area contributed by atoms with Gasteiger partial charge in [0.2, 0.25) is 0 Å². The van der Waals surface area contributed by atoms with Gasteiger partial charge in [0.15, 0.2) is 0 Å². The van der Waals surface area contributed by atoms with Crippen LogP contribution in [0.25, 0.3) is 5.69 Å². The molecule has 0 saturated carbocycles. The van der Waals surface area contributed by atoms with Crippen LogP contribution in [-0.2, 0) is 6.61 Å². The van der Waals surface area contributed by atoms with Crippen molar-refractivity contribution in [2.45, 2.75) is 20.5 Å². The highest BCUT2D eigenvalue weighted by Gasteiger charge is 2.09. The Kier molecular flexibility index (Phi) is 3.73. The second kappa shape index (κ2) is 5.83. The number of imidazole rings is 1. The molecule has 0 aliphatic heterocycles. The minimum atomic E-state index is 0.560. The molecule has 0 aliphatic carbocycles. The summed E-state index contributed by atoms with van der Waals surface area (Å²) < 4.78 is 8.06. The predicted molar refractivity (Wildman–Crippen MR) is 83.8 cm³/mol. The van der Waals surface area contributed by atoms with E-state index >= 15 is 0 Å². The molecule has 2 aromatic carbocycles. The molecule has 21 heavy (non-hydrogen) atoms. The van der Waals surface area contributed by atoms with Gasteiger partial charge in [0, 0.05) is 12.4 Å². The lowest BCUT2D eigenvalue weighted by molar-refractivity contribution is 0.305. The van der Waals surface area contributed by atoms with Gasteiger partial charge in [-0.3, -0.25) is 0 Å². The van der Waals surface area contributed by atoms with E-state index in [-0.39, 0.29) is 0 Å². The molecule has 1 heterocycles. The third kappa shape index (κ3) is 2.97. The third-order valence-corrected chi connectivity index (χ3v) is 3.44. The number of aryl methyl sites for hydroxylation is 2. The fourth-order valence-electron chi connectivity index (χ4n) is 2.31. The number of benzene rings is 2. The summed E-state index contributed by atoms with van der Waals surface area (Å²) in [6.07, 6.45) is 3.76.